The number of carbonyl (C=O) groups excluding carboxylic acids is 2. The summed E-state index contributed by atoms with van der Waals surface area (Å²) >= 11 is 1.13. The van der Waals surface area contributed by atoms with E-state index in [9.17, 15) is 22.8 Å². The average Bonchev–Trinajstić information content (AvgIpc) is 2.78. The van der Waals surface area contributed by atoms with E-state index < -0.39 is 22.9 Å². The highest BCUT2D eigenvalue weighted by Gasteiger charge is 2.35. The first-order chi connectivity index (χ1) is 15.3. The molecule has 1 fully saturated rings. The number of halogens is 3. The van der Waals surface area contributed by atoms with Crippen molar-refractivity contribution < 1.29 is 27.5 Å². The fraction of sp³-hybridized carbons (Fsp3) is 0.364. The number of rotatable bonds is 4. The van der Waals surface area contributed by atoms with E-state index in [4.69, 9.17) is 4.74 Å². The first-order valence-corrected chi connectivity index (χ1v) is 11.0. The summed E-state index contributed by atoms with van der Waals surface area (Å²) in [6, 6.07) is 10.9. The number of anilines is 2. The van der Waals surface area contributed by atoms with Gasteiger partial charge in [0.2, 0.25) is 11.8 Å². The van der Waals surface area contributed by atoms with Crippen LogP contribution in [-0.4, -0.2) is 55.3 Å². The van der Waals surface area contributed by atoms with E-state index in [1.807, 2.05) is 24.3 Å². The van der Waals surface area contributed by atoms with Gasteiger partial charge in [0, 0.05) is 37.5 Å². The molecule has 6 nitrogen and oxygen atoms in total. The van der Waals surface area contributed by atoms with E-state index in [-0.39, 0.29) is 18.0 Å². The minimum atomic E-state index is -4.48. The molecule has 4 rings (SSSR count). The lowest BCUT2D eigenvalue weighted by Crippen LogP contribution is -2.49. The zero-order valence-corrected chi connectivity index (χ0v) is 18.1. The van der Waals surface area contributed by atoms with E-state index in [2.05, 4.69) is 10.2 Å². The van der Waals surface area contributed by atoms with Crippen LogP contribution in [0.15, 0.2) is 47.4 Å². The molecule has 1 saturated heterocycles. The van der Waals surface area contributed by atoms with Crippen molar-refractivity contribution in [2.45, 2.75) is 22.7 Å². The quantitative estimate of drug-likeness (QED) is 0.743. The molecular formula is C22H22F3N3O3S. The number of hydrogen-bond donors (Lipinski definition) is 1. The summed E-state index contributed by atoms with van der Waals surface area (Å²) in [4.78, 5) is 29.7. The lowest BCUT2D eigenvalue weighted by molar-refractivity contribution is -0.137. The Morgan fingerprint density at radius 2 is 1.88 bits per heavy atom. The van der Waals surface area contributed by atoms with Gasteiger partial charge in [-0.1, -0.05) is 12.1 Å². The van der Waals surface area contributed by atoms with Crippen LogP contribution >= 0.6 is 11.8 Å². The van der Waals surface area contributed by atoms with Crippen LogP contribution in [-0.2, 0) is 15.8 Å². The topological polar surface area (TPSA) is 61.9 Å². The highest BCUT2D eigenvalue weighted by atomic mass is 32.2. The van der Waals surface area contributed by atoms with E-state index in [0.717, 1.165) is 35.3 Å². The largest absolute Gasteiger partial charge is 0.495 e. The van der Waals surface area contributed by atoms with Gasteiger partial charge in [0.1, 0.15) is 5.75 Å². The third-order valence-corrected chi connectivity index (χ3v) is 6.82. The number of piperazine rings is 1. The number of alkyl halides is 3. The molecule has 1 N–H and O–H groups in total. The number of carbonyl (C=O) groups is 2. The maximum absolute atomic E-state index is 12.9. The number of fused-ring (bicyclic) bond motifs is 1. The predicted octanol–water partition coefficient (Wildman–Crippen LogP) is 3.87. The number of ether oxygens (including phenoxy) is 1. The number of hydrogen-bond acceptors (Lipinski definition) is 5. The second-order valence-corrected chi connectivity index (χ2v) is 8.79. The van der Waals surface area contributed by atoms with Crippen LogP contribution in [0.2, 0.25) is 0 Å². The first-order valence-electron chi connectivity index (χ1n) is 10.1. The Bertz CT molecular complexity index is 1020. The second-order valence-electron chi connectivity index (χ2n) is 7.55. The van der Waals surface area contributed by atoms with Gasteiger partial charge < -0.3 is 19.9 Å². The highest BCUT2D eigenvalue weighted by Crippen LogP contribution is 2.40. The smallest absolute Gasteiger partial charge is 0.416 e. The predicted molar refractivity (Wildman–Crippen MR) is 116 cm³/mol. The number of nitrogens with one attached hydrogen (secondary N) is 1. The Hall–Kier alpha value is -2.88. The zero-order chi connectivity index (χ0) is 22.9. The van der Waals surface area contributed by atoms with Crippen molar-refractivity contribution in [2.75, 3.05) is 43.5 Å². The Labute approximate surface area is 187 Å². The minimum Gasteiger partial charge on any atom is -0.495 e. The van der Waals surface area contributed by atoms with Gasteiger partial charge in [-0.2, -0.15) is 13.2 Å². The fourth-order valence-electron chi connectivity index (χ4n) is 3.84. The van der Waals surface area contributed by atoms with Crippen molar-refractivity contribution in [3.8, 4) is 5.75 Å². The van der Waals surface area contributed by atoms with Gasteiger partial charge in [0.15, 0.2) is 0 Å². The van der Waals surface area contributed by atoms with Crippen LogP contribution in [0.3, 0.4) is 0 Å². The molecule has 1 atom stereocenters. The van der Waals surface area contributed by atoms with E-state index in [1.54, 1.807) is 12.0 Å². The summed E-state index contributed by atoms with van der Waals surface area (Å²) in [5, 5.41) is 1.84. The molecule has 0 bridgehead atoms. The van der Waals surface area contributed by atoms with Gasteiger partial charge in [-0.25, -0.2) is 0 Å². The SMILES string of the molecule is COc1ccccc1N1CCN(C(=O)CC2Sc3ccc(C(F)(F)F)cc3NC2=O)CC1. The van der Waals surface area contributed by atoms with Crippen LogP contribution in [0.25, 0.3) is 0 Å². The number of para-hydroxylation sites is 2. The Kier molecular flexibility index (Phi) is 6.23. The van der Waals surface area contributed by atoms with Gasteiger partial charge in [-0.15, -0.1) is 11.8 Å². The van der Waals surface area contributed by atoms with E-state index >= 15 is 0 Å². The molecule has 2 aliphatic rings. The number of amides is 2. The number of benzene rings is 2. The standard InChI is InChI=1S/C22H22F3N3O3S/c1-31-17-5-3-2-4-16(17)27-8-10-28(11-9-27)20(29)13-19-21(30)26-15-12-14(22(23,24)25)6-7-18(15)32-19/h2-7,12,19H,8-11,13H2,1H3,(H,26,30). The van der Waals surface area contributed by atoms with Crippen molar-refractivity contribution in [2.24, 2.45) is 0 Å². The lowest BCUT2D eigenvalue weighted by Gasteiger charge is -2.37. The van der Waals surface area contributed by atoms with Gasteiger partial charge >= 0.3 is 6.18 Å². The van der Waals surface area contributed by atoms with Crippen LogP contribution in [0.1, 0.15) is 12.0 Å². The number of methoxy groups -OCH3 is 1. The molecule has 170 valence electrons. The summed E-state index contributed by atoms with van der Waals surface area (Å²) < 4.78 is 44.1. The Balaban J connectivity index is 1.36. The zero-order valence-electron chi connectivity index (χ0n) is 17.3. The Morgan fingerprint density at radius 3 is 2.56 bits per heavy atom. The van der Waals surface area contributed by atoms with Crippen molar-refractivity contribution in [1.29, 1.82) is 0 Å². The summed E-state index contributed by atoms with van der Waals surface area (Å²) in [5.41, 5.74) is 0.280. The van der Waals surface area contributed by atoms with Gasteiger partial charge in [0.05, 0.1) is 29.3 Å². The second kappa shape index (κ2) is 8.93. The molecule has 2 aromatic rings. The molecule has 0 aromatic heterocycles. The lowest BCUT2D eigenvalue weighted by atomic mass is 10.1. The summed E-state index contributed by atoms with van der Waals surface area (Å²) in [6.07, 6.45) is -4.49. The normalized spacial score (nSPS) is 18.8. The van der Waals surface area contributed by atoms with Gasteiger partial charge in [0.25, 0.3) is 0 Å². The van der Waals surface area contributed by atoms with Crippen molar-refractivity contribution in [3.63, 3.8) is 0 Å². The van der Waals surface area contributed by atoms with E-state index in [0.29, 0.717) is 31.1 Å². The molecule has 0 aliphatic carbocycles. The minimum absolute atomic E-state index is 0.00831. The molecule has 0 saturated carbocycles. The molecule has 32 heavy (non-hydrogen) atoms. The van der Waals surface area contributed by atoms with Crippen LogP contribution in [0.5, 0.6) is 5.75 Å². The maximum Gasteiger partial charge on any atom is 0.416 e. The van der Waals surface area contributed by atoms with Gasteiger partial charge in [-0.3, -0.25) is 9.59 Å². The monoisotopic (exact) mass is 465 g/mol. The molecule has 0 radical (unpaired) electrons. The number of thioether (sulfide) groups is 1. The molecule has 2 aromatic carbocycles. The third kappa shape index (κ3) is 4.64. The molecule has 10 heteroatoms. The molecule has 1 unspecified atom stereocenters. The summed E-state index contributed by atoms with van der Waals surface area (Å²) in [5.74, 6) is 0.172. The molecule has 2 aliphatic heterocycles. The molecule has 2 heterocycles. The first kappa shape index (κ1) is 22.3. The van der Waals surface area contributed by atoms with Gasteiger partial charge in [-0.05, 0) is 30.3 Å². The van der Waals surface area contributed by atoms with E-state index in [1.165, 1.54) is 6.07 Å². The van der Waals surface area contributed by atoms with Crippen molar-refractivity contribution in [1.82, 2.24) is 4.90 Å². The van der Waals surface area contributed by atoms with Crippen LogP contribution < -0.4 is 15.0 Å². The molecule has 0 spiro atoms. The third-order valence-electron chi connectivity index (χ3n) is 5.54. The maximum atomic E-state index is 12.9. The average molecular weight is 465 g/mol. The molecular weight excluding hydrogens is 443 g/mol. The van der Waals surface area contributed by atoms with Crippen LogP contribution in [0.4, 0.5) is 24.5 Å². The number of nitrogens with zero attached hydrogens (tertiary/aromatic N) is 2. The van der Waals surface area contributed by atoms with Crippen molar-refractivity contribution in [3.05, 3.63) is 48.0 Å². The fourth-order valence-corrected chi connectivity index (χ4v) is 4.92. The summed E-state index contributed by atoms with van der Waals surface area (Å²) in [6.45, 7) is 2.31. The summed E-state index contributed by atoms with van der Waals surface area (Å²) in [7, 11) is 1.62. The van der Waals surface area contributed by atoms with Crippen molar-refractivity contribution >= 4 is 35.0 Å². The van der Waals surface area contributed by atoms with Crippen LogP contribution in [0, 0.1) is 0 Å². The highest BCUT2D eigenvalue weighted by molar-refractivity contribution is 8.01. The molecule has 2 amide bonds. The Morgan fingerprint density at radius 1 is 1.16 bits per heavy atom.